The molecule has 1 fully saturated rings. The summed E-state index contributed by atoms with van der Waals surface area (Å²) in [5.74, 6) is 1.44. The molecule has 0 saturated carbocycles. The van der Waals surface area contributed by atoms with Crippen LogP contribution in [-0.2, 0) is 10.0 Å². The van der Waals surface area contributed by atoms with Crippen LogP contribution >= 0.6 is 22.6 Å². The smallest absolute Gasteiger partial charge is 0.243 e. The van der Waals surface area contributed by atoms with Gasteiger partial charge in [0.1, 0.15) is 5.82 Å². The van der Waals surface area contributed by atoms with Gasteiger partial charge in [-0.2, -0.15) is 9.29 Å². The SMILES string of the molecule is CCNc1cc(C)nc(N2CCN(S(=O)(=O)c3ccc(I)cc3)CC2)n1. The molecule has 2 aromatic rings. The van der Waals surface area contributed by atoms with Crippen molar-refractivity contribution in [2.75, 3.05) is 42.9 Å². The average molecular weight is 487 g/mol. The van der Waals surface area contributed by atoms with Crippen LogP contribution in [0.25, 0.3) is 0 Å². The summed E-state index contributed by atoms with van der Waals surface area (Å²) in [6.07, 6.45) is 0. The van der Waals surface area contributed by atoms with Gasteiger partial charge in [-0.3, -0.25) is 0 Å². The van der Waals surface area contributed by atoms with E-state index in [1.54, 1.807) is 12.1 Å². The molecule has 140 valence electrons. The number of hydrogen-bond donors (Lipinski definition) is 1. The number of halogens is 1. The molecule has 0 atom stereocenters. The lowest BCUT2D eigenvalue weighted by atomic mass is 10.3. The Balaban J connectivity index is 1.72. The van der Waals surface area contributed by atoms with Crippen LogP contribution in [0.2, 0.25) is 0 Å². The van der Waals surface area contributed by atoms with E-state index in [9.17, 15) is 8.42 Å². The number of anilines is 2. The van der Waals surface area contributed by atoms with E-state index >= 15 is 0 Å². The number of aromatic nitrogens is 2. The predicted octanol–water partition coefficient (Wildman–Crippen LogP) is 2.33. The second-order valence-corrected chi connectivity index (χ2v) is 9.25. The van der Waals surface area contributed by atoms with Gasteiger partial charge in [0.05, 0.1) is 4.90 Å². The van der Waals surface area contributed by atoms with E-state index in [-0.39, 0.29) is 0 Å². The summed E-state index contributed by atoms with van der Waals surface area (Å²) >= 11 is 2.17. The van der Waals surface area contributed by atoms with Crippen LogP contribution in [0, 0.1) is 10.5 Å². The molecule has 9 heteroatoms. The largest absolute Gasteiger partial charge is 0.370 e. The number of rotatable bonds is 5. The van der Waals surface area contributed by atoms with Gasteiger partial charge in [0.15, 0.2) is 0 Å². The Kier molecular flexibility index (Phi) is 5.98. The highest BCUT2D eigenvalue weighted by Crippen LogP contribution is 2.21. The number of nitrogens with zero attached hydrogens (tertiary/aromatic N) is 4. The van der Waals surface area contributed by atoms with E-state index in [1.165, 1.54) is 4.31 Å². The molecule has 1 aromatic carbocycles. The normalized spacial score (nSPS) is 15.9. The van der Waals surface area contributed by atoms with Crippen LogP contribution in [0.5, 0.6) is 0 Å². The fourth-order valence-electron chi connectivity index (χ4n) is 2.85. The molecule has 3 rings (SSSR count). The zero-order valence-corrected chi connectivity index (χ0v) is 17.8. The first kappa shape index (κ1) is 19.3. The Bertz CT molecular complexity index is 865. The van der Waals surface area contributed by atoms with E-state index in [1.807, 2.05) is 36.9 Å². The molecule has 1 saturated heterocycles. The second-order valence-electron chi connectivity index (χ2n) is 6.07. The molecule has 1 N–H and O–H groups in total. The van der Waals surface area contributed by atoms with Crippen molar-refractivity contribution in [1.29, 1.82) is 0 Å². The highest BCUT2D eigenvalue weighted by atomic mass is 127. The summed E-state index contributed by atoms with van der Waals surface area (Å²) in [4.78, 5) is 11.4. The van der Waals surface area contributed by atoms with Crippen molar-refractivity contribution in [3.63, 3.8) is 0 Å². The number of aryl methyl sites for hydroxylation is 1. The minimum absolute atomic E-state index is 0.340. The maximum absolute atomic E-state index is 12.8. The second kappa shape index (κ2) is 8.05. The highest BCUT2D eigenvalue weighted by molar-refractivity contribution is 14.1. The molecule has 0 spiro atoms. The fourth-order valence-corrected chi connectivity index (χ4v) is 4.63. The number of sulfonamides is 1. The summed E-state index contributed by atoms with van der Waals surface area (Å²) in [5, 5.41) is 3.20. The van der Waals surface area contributed by atoms with E-state index in [2.05, 4.69) is 37.9 Å². The summed E-state index contributed by atoms with van der Waals surface area (Å²) in [7, 11) is -3.46. The number of nitrogens with one attached hydrogen (secondary N) is 1. The van der Waals surface area contributed by atoms with Gasteiger partial charge in [-0.05, 0) is 60.7 Å². The third-order valence-electron chi connectivity index (χ3n) is 4.17. The monoisotopic (exact) mass is 487 g/mol. The molecule has 0 unspecified atom stereocenters. The lowest BCUT2D eigenvalue weighted by Gasteiger charge is -2.34. The van der Waals surface area contributed by atoms with Crippen molar-refractivity contribution in [1.82, 2.24) is 14.3 Å². The van der Waals surface area contributed by atoms with Gasteiger partial charge in [-0.25, -0.2) is 13.4 Å². The molecular formula is C17H22IN5O2S. The van der Waals surface area contributed by atoms with Crippen LogP contribution < -0.4 is 10.2 Å². The number of hydrogen-bond acceptors (Lipinski definition) is 6. The van der Waals surface area contributed by atoms with Gasteiger partial charge in [0.2, 0.25) is 16.0 Å². The standard InChI is InChI=1S/C17H22IN5O2S/c1-3-19-16-12-13(2)20-17(21-16)22-8-10-23(11-9-22)26(24,25)15-6-4-14(18)5-7-15/h4-7,12H,3,8-11H2,1-2H3,(H,19,20,21). The third kappa shape index (κ3) is 4.26. The zero-order valence-electron chi connectivity index (χ0n) is 14.8. The van der Waals surface area contributed by atoms with Crippen LogP contribution in [0.4, 0.5) is 11.8 Å². The summed E-state index contributed by atoms with van der Waals surface area (Å²) < 4.78 is 28.1. The molecule has 1 aliphatic heterocycles. The number of benzene rings is 1. The molecule has 26 heavy (non-hydrogen) atoms. The van der Waals surface area contributed by atoms with Crippen molar-refractivity contribution < 1.29 is 8.42 Å². The van der Waals surface area contributed by atoms with Gasteiger partial charge in [0, 0.05) is 48.1 Å². The lowest BCUT2D eigenvalue weighted by Crippen LogP contribution is -2.49. The van der Waals surface area contributed by atoms with Crippen LogP contribution in [0.1, 0.15) is 12.6 Å². The quantitative estimate of drug-likeness (QED) is 0.653. The van der Waals surface area contributed by atoms with Gasteiger partial charge in [-0.15, -0.1) is 0 Å². The Morgan fingerprint density at radius 3 is 2.38 bits per heavy atom. The van der Waals surface area contributed by atoms with Crippen molar-refractivity contribution in [2.24, 2.45) is 0 Å². The highest BCUT2D eigenvalue weighted by Gasteiger charge is 2.29. The first-order valence-electron chi connectivity index (χ1n) is 8.50. The van der Waals surface area contributed by atoms with Crippen LogP contribution in [0.3, 0.4) is 0 Å². The minimum Gasteiger partial charge on any atom is -0.370 e. The van der Waals surface area contributed by atoms with Crippen LogP contribution in [0.15, 0.2) is 35.2 Å². The van der Waals surface area contributed by atoms with E-state index in [0.29, 0.717) is 37.0 Å². The Morgan fingerprint density at radius 1 is 1.12 bits per heavy atom. The Morgan fingerprint density at radius 2 is 1.77 bits per heavy atom. The molecule has 1 aliphatic rings. The molecule has 0 bridgehead atoms. The summed E-state index contributed by atoms with van der Waals surface area (Å²) in [6, 6.07) is 8.86. The van der Waals surface area contributed by atoms with Crippen LogP contribution in [-0.4, -0.2) is 55.4 Å². The van der Waals surface area contributed by atoms with Gasteiger partial charge in [-0.1, -0.05) is 0 Å². The summed E-state index contributed by atoms with van der Waals surface area (Å²) in [6.45, 7) is 6.72. The van der Waals surface area contributed by atoms with E-state index in [4.69, 9.17) is 0 Å². The van der Waals surface area contributed by atoms with Crippen molar-refractivity contribution in [2.45, 2.75) is 18.7 Å². The summed E-state index contributed by atoms with van der Waals surface area (Å²) in [5.41, 5.74) is 0.889. The van der Waals surface area contributed by atoms with Crippen molar-refractivity contribution >= 4 is 44.4 Å². The number of piperazine rings is 1. The maximum Gasteiger partial charge on any atom is 0.243 e. The Labute approximate surface area is 168 Å². The fraction of sp³-hybridized carbons (Fsp3) is 0.412. The zero-order chi connectivity index (χ0) is 18.7. The van der Waals surface area contributed by atoms with Gasteiger partial charge < -0.3 is 10.2 Å². The molecule has 0 amide bonds. The van der Waals surface area contributed by atoms with Gasteiger partial charge in [0.25, 0.3) is 0 Å². The molecule has 0 aliphatic carbocycles. The molecular weight excluding hydrogens is 465 g/mol. The van der Waals surface area contributed by atoms with Crippen molar-refractivity contribution in [3.8, 4) is 0 Å². The molecule has 1 aromatic heterocycles. The van der Waals surface area contributed by atoms with E-state index in [0.717, 1.165) is 21.6 Å². The first-order chi connectivity index (χ1) is 12.4. The van der Waals surface area contributed by atoms with Crippen molar-refractivity contribution in [3.05, 3.63) is 39.6 Å². The van der Waals surface area contributed by atoms with E-state index < -0.39 is 10.0 Å². The predicted molar refractivity (Wildman–Crippen MR) is 111 cm³/mol. The third-order valence-corrected chi connectivity index (χ3v) is 6.81. The molecule has 2 heterocycles. The Hall–Kier alpha value is -1.46. The van der Waals surface area contributed by atoms with Gasteiger partial charge >= 0.3 is 0 Å². The lowest BCUT2D eigenvalue weighted by molar-refractivity contribution is 0.382. The molecule has 7 nitrogen and oxygen atoms in total. The topological polar surface area (TPSA) is 78.4 Å². The molecule has 0 radical (unpaired) electrons. The minimum atomic E-state index is -3.46. The first-order valence-corrected chi connectivity index (χ1v) is 11.0. The average Bonchev–Trinajstić information content (AvgIpc) is 2.62. The maximum atomic E-state index is 12.8.